The van der Waals surface area contributed by atoms with Gasteiger partial charge in [0.1, 0.15) is 0 Å². The first-order valence-corrected chi connectivity index (χ1v) is 12.2. The summed E-state index contributed by atoms with van der Waals surface area (Å²) in [5.41, 5.74) is 2.89. The monoisotopic (exact) mass is 418 g/mol. The minimum absolute atomic E-state index is 0.00542. The molecule has 168 valence electrons. The lowest BCUT2D eigenvalue weighted by atomic mass is 9.77. The molecule has 0 saturated heterocycles. The topological polar surface area (TPSA) is 9.23 Å². The first-order valence-electron chi connectivity index (χ1n) is 12.2. The van der Waals surface area contributed by atoms with Crippen LogP contribution in [0.1, 0.15) is 94.6 Å². The Morgan fingerprint density at radius 1 is 1.07 bits per heavy atom. The highest BCUT2D eigenvalue weighted by atomic mass is 19.3. The lowest BCUT2D eigenvalue weighted by molar-refractivity contribution is -0.119. The summed E-state index contributed by atoms with van der Waals surface area (Å²) in [6.07, 6.45) is 12.8. The number of alkyl halides is 2. The van der Waals surface area contributed by atoms with E-state index < -0.39 is 11.8 Å². The number of hydrogen-bond donors (Lipinski definition) is 0. The molecule has 0 bridgehead atoms. The van der Waals surface area contributed by atoms with Crippen molar-refractivity contribution < 1.29 is 13.5 Å². The van der Waals surface area contributed by atoms with Gasteiger partial charge >= 0.3 is 0 Å². The number of hydrogen-bond acceptors (Lipinski definition) is 1. The van der Waals surface area contributed by atoms with E-state index in [1.807, 2.05) is 0 Å². The van der Waals surface area contributed by atoms with Gasteiger partial charge in [-0.3, -0.25) is 0 Å². The Labute approximate surface area is 182 Å². The Hall–Kier alpha value is -1.22. The summed E-state index contributed by atoms with van der Waals surface area (Å²) in [5.74, 6) is -2.39. The van der Waals surface area contributed by atoms with Crippen molar-refractivity contribution in [3.63, 3.8) is 0 Å². The molecule has 2 aliphatic carbocycles. The lowest BCUT2D eigenvalue weighted by Gasteiger charge is -2.37. The Balaban J connectivity index is 1.38. The predicted octanol–water partition coefficient (Wildman–Crippen LogP) is 8.09. The van der Waals surface area contributed by atoms with Crippen LogP contribution in [0.25, 0.3) is 0 Å². The van der Waals surface area contributed by atoms with Gasteiger partial charge in [0.2, 0.25) is 0 Å². The molecule has 0 radical (unpaired) electrons. The second-order valence-electron chi connectivity index (χ2n) is 9.62. The number of rotatable bonds is 10. The van der Waals surface area contributed by atoms with Crippen LogP contribution in [-0.2, 0) is 11.2 Å². The van der Waals surface area contributed by atoms with Crippen molar-refractivity contribution in [3.8, 4) is 0 Å². The van der Waals surface area contributed by atoms with E-state index in [2.05, 4.69) is 37.8 Å². The molecule has 3 rings (SSSR count). The second-order valence-corrected chi connectivity index (χ2v) is 9.62. The highest BCUT2D eigenvalue weighted by Gasteiger charge is 2.44. The summed E-state index contributed by atoms with van der Waals surface area (Å²) in [7, 11) is 0. The number of unbranched alkanes of at least 4 members (excludes halogenated alkanes) is 1. The summed E-state index contributed by atoms with van der Waals surface area (Å²) in [6.45, 7) is 6.40. The van der Waals surface area contributed by atoms with Crippen molar-refractivity contribution in [2.24, 2.45) is 11.8 Å². The Morgan fingerprint density at radius 3 is 2.43 bits per heavy atom. The molecule has 0 aromatic heterocycles. The van der Waals surface area contributed by atoms with Crippen LogP contribution >= 0.6 is 0 Å². The van der Waals surface area contributed by atoms with Crippen LogP contribution in [0.4, 0.5) is 8.78 Å². The van der Waals surface area contributed by atoms with Crippen molar-refractivity contribution in [2.75, 3.05) is 6.61 Å². The number of benzene rings is 1. The molecule has 30 heavy (non-hydrogen) atoms. The molecular formula is C27H40F2O. The molecule has 0 N–H and O–H groups in total. The summed E-state index contributed by atoms with van der Waals surface area (Å²) < 4.78 is 35.0. The van der Waals surface area contributed by atoms with Gasteiger partial charge in [0, 0.05) is 18.9 Å². The minimum atomic E-state index is -2.55. The van der Waals surface area contributed by atoms with Crippen molar-refractivity contribution in [1.29, 1.82) is 0 Å². The molecule has 2 atom stereocenters. The molecule has 3 heteroatoms. The van der Waals surface area contributed by atoms with E-state index in [4.69, 9.17) is 4.74 Å². The summed E-state index contributed by atoms with van der Waals surface area (Å²) >= 11 is 0. The van der Waals surface area contributed by atoms with E-state index >= 15 is 0 Å². The molecule has 1 aromatic carbocycles. The van der Waals surface area contributed by atoms with E-state index in [1.165, 1.54) is 30.4 Å². The maximum absolute atomic E-state index is 14.5. The quantitative estimate of drug-likeness (QED) is 0.349. The maximum Gasteiger partial charge on any atom is 0.251 e. The number of aryl methyl sites for hydroxylation is 1. The molecule has 0 spiro atoms. The number of allylic oxidation sites excluding steroid dienone is 1. The van der Waals surface area contributed by atoms with E-state index in [9.17, 15) is 8.78 Å². The van der Waals surface area contributed by atoms with Crippen LogP contribution in [-0.4, -0.2) is 18.6 Å². The van der Waals surface area contributed by atoms with E-state index in [0.717, 1.165) is 32.1 Å². The molecule has 2 unspecified atom stereocenters. The van der Waals surface area contributed by atoms with Gasteiger partial charge in [0.15, 0.2) is 0 Å². The number of halogens is 2. The Morgan fingerprint density at radius 2 is 1.80 bits per heavy atom. The molecule has 2 aliphatic rings. The van der Waals surface area contributed by atoms with Crippen molar-refractivity contribution in [1.82, 2.24) is 0 Å². The normalized spacial score (nSPS) is 28.9. The van der Waals surface area contributed by atoms with Crippen LogP contribution in [0.15, 0.2) is 36.9 Å². The second kappa shape index (κ2) is 11.4. The van der Waals surface area contributed by atoms with E-state index in [1.54, 1.807) is 6.08 Å². The molecule has 1 nitrogen and oxygen atoms in total. The fraction of sp³-hybridized carbons (Fsp3) is 0.704. The zero-order valence-electron chi connectivity index (χ0n) is 18.8. The third-order valence-corrected chi connectivity index (χ3v) is 7.31. The Bertz CT molecular complexity index is 631. The standard InChI is InChI=1S/C27H40F2O/c1-3-5-7-21-9-12-23(13-10-21)24-14-17-26(18-15-24)30-20-22-11-16-25(8-6-4-2)27(28,29)19-22/h4,9-10,12-13,22,24-26H,2-3,5-8,11,14-20H2,1H3. The van der Waals surface area contributed by atoms with Crippen molar-refractivity contribution in [3.05, 3.63) is 48.0 Å². The molecule has 1 aromatic rings. The van der Waals surface area contributed by atoms with Gasteiger partial charge in [-0.05, 0) is 87.2 Å². The van der Waals surface area contributed by atoms with Gasteiger partial charge in [-0.2, -0.15) is 0 Å². The van der Waals surface area contributed by atoms with Crippen LogP contribution in [0.2, 0.25) is 0 Å². The average Bonchev–Trinajstić information content (AvgIpc) is 2.76. The minimum Gasteiger partial charge on any atom is -0.378 e. The van der Waals surface area contributed by atoms with Crippen LogP contribution in [0.3, 0.4) is 0 Å². The van der Waals surface area contributed by atoms with Gasteiger partial charge in [0.25, 0.3) is 5.92 Å². The van der Waals surface area contributed by atoms with Crippen LogP contribution in [0, 0.1) is 11.8 Å². The van der Waals surface area contributed by atoms with Crippen LogP contribution < -0.4 is 0 Å². The zero-order valence-corrected chi connectivity index (χ0v) is 18.8. The molecule has 2 saturated carbocycles. The average molecular weight is 419 g/mol. The van der Waals surface area contributed by atoms with Crippen molar-refractivity contribution in [2.45, 2.75) is 102 Å². The van der Waals surface area contributed by atoms with Gasteiger partial charge in [-0.25, -0.2) is 8.78 Å². The van der Waals surface area contributed by atoms with Crippen molar-refractivity contribution >= 4 is 0 Å². The predicted molar refractivity (Wildman–Crippen MR) is 121 cm³/mol. The highest BCUT2D eigenvalue weighted by Crippen LogP contribution is 2.44. The maximum atomic E-state index is 14.5. The molecule has 2 fully saturated rings. The lowest BCUT2D eigenvalue weighted by Crippen LogP contribution is -2.37. The van der Waals surface area contributed by atoms with Gasteiger partial charge in [-0.1, -0.05) is 43.7 Å². The summed E-state index contributed by atoms with van der Waals surface area (Å²) in [6, 6.07) is 9.20. The molecule has 0 amide bonds. The van der Waals surface area contributed by atoms with Gasteiger partial charge in [0.05, 0.1) is 6.10 Å². The fourth-order valence-corrected chi connectivity index (χ4v) is 5.29. The first kappa shape index (κ1) is 23.4. The van der Waals surface area contributed by atoms with E-state index in [0.29, 0.717) is 31.8 Å². The van der Waals surface area contributed by atoms with E-state index in [-0.39, 0.29) is 18.4 Å². The number of ether oxygens (including phenoxy) is 1. The SMILES string of the molecule is C=CCCC1CCC(COC2CCC(c3ccc(CCCC)cc3)CC2)CC1(F)F. The summed E-state index contributed by atoms with van der Waals surface area (Å²) in [4.78, 5) is 0. The zero-order chi connectivity index (χ0) is 21.4. The molecule has 0 aliphatic heterocycles. The highest BCUT2D eigenvalue weighted by molar-refractivity contribution is 5.26. The summed E-state index contributed by atoms with van der Waals surface area (Å²) in [5, 5.41) is 0. The smallest absolute Gasteiger partial charge is 0.251 e. The third-order valence-electron chi connectivity index (χ3n) is 7.31. The largest absolute Gasteiger partial charge is 0.378 e. The first-order chi connectivity index (χ1) is 14.5. The van der Waals surface area contributed by atoms with Gasteiger partial charge < -0.3 is 4.74 Å². The third kappa shape index (κ3) is 6.64. The van der Waals surface area contributed by atoms with Crippen LogP contribution in [0.5, 0.6) is 0 Å². The Kier molecular flexibility index (Phi) is 8.92. The van der Waals surface area contributed by atoms with Gasteiger partial charge in [-0.15, -0.1) is 6.58 Å². The molecular weight excluding hydrogens is 378 g/mol. The molecule has 0 heterocycles. The fourth-order valence-electron chi connectivity index (χ4n) is 5.29.